The van der Waals surface area contributed by atoms with Crippen molar-refractivity contribution >= 4 is 0 Å². The van der Waals surface area contributed by atoms with Crippen LogP contribution in [0.5, 0.6) is 0 Å². The van der Waals surface area contributed by atoms with E-state index in [0.29, 0.717) is 165 Å². The molecule has 0 atom stereocenters. The summed E-state index contributed by atoms with van der Waals surface area (Å²) in [7, 11) is 1.90. The molecule has 0 aromatic rings. The van der Waals surface area contributed by atoms with Gasteiger partial charge in [-0.25, -0.2) is 0 Å². The second-order valence-corrected chi connectivity index (χ2v) is 13.7. The van der Waals surface area contributed by atoms with E-state index in [9.17, 15) is 0 Å². The maximum Gasteiger partial charge on any atom is 0.0701 e. The topological polar surface area (TPSA) is 132 Å². The number of nitrogens with one attached hydrogen (secondary N) is 1. The Morgan fingerprint density at radius 3 is 0.596 bits per heavy atom. The smallest absolute Gasteiger partial charge is 0.0701 e. The van der Waals surface area contributed by atoms with Gasteiger partial charge in [0, 0.05) is 13.2 Å². The molecular formula is C43H89NO13. The number of likely N-dealkylation sites (N-methyl/N-ethyl adjacent to an activating group) is 1. The molecule has 0 aromatic carbocycles. The van der Waals surface area contributed by atoms with Crippen molar-refractivity contribution in [2.45, 2.75) is 96.8 Å². The zero-order valence-corrected chi connectivity index (χ0v) is 36.8. The summed E-state index contributed by atoms with van der Waals surface area (Å²) in [6.45, 7) is 17.7. The van der Waals surface area contributed by atoms with Gasteiger partial charge < -0.3 is 66.9 Å². The Morgan fingerprint density at radius 2 is 0.386 bits per heavy atom. The normalized spacial score (nSPS) is 11.7. The summed E-state index contributed by atoms with van der Waals surface area (Å²) in [5.41, 5.74) is 0. The van der Waals surface area contributed by atoms with Crippen molar-refractivity contribution in [1.82, 2.24) is 5.32 Å². The molecule has 0 unspecified atom stereocenters. The molecule has 0 heterocycles. The fraction of sp³-hybridized carbons (Fsp3) is 1.00. The summed E-state index contributed by atoms with van der Waals surface area (Å²) in [5, 5.41) is 3.02. The summed E-state index contributed by atoms with van der Waals surface area (Å²) in [5.74, 6) is 0. The average molecular weight is 828 g/mol. The van der Waals surface area contributed by atoms with Crippen molar-refractivity contribution in [2.75, 3.05) is 185 Å². The van der Waals surface area contributed by atoms with Gasteiger partial charge in [-0.2, -0.15) is 0 Å². The highest BCUT2D eigenvalue weighted by molar-refractivity contribution is 4.50. The van der Waals surface area contributed by atoms with E-state index in [1.54, 1.807) is 0 Å². The molecule has 0 fully saturated rings. The molecule has 0 radical (unpaired) electrons. The predicted molar refractivity (Wildman–Crippen MR) is 225 cm³/mol. The Kier molecular flexibility index (Phi) is 54.9. The summed E-state index contributed by atoms with van der Waals surface area (Å²) >= 11 is 0. The molecule has 57 heavy (non-hydrogen) atoms. The maximum absolute atomic E-state index is 5.69. The lowest BCUT2D eigenvalue weighted by atomic mass is 10.0. The summed E-state index contributed by atoms with van der Waals surface area (Å²) in [4.78, 5) is 0. The molecule has 0 rings (SSSR count). The molecule has 0 aliphatic rings. The van der Waals surface area contributed by atoms with Crippen molar-refractivity contribution in [1.29, 1.82) is 0 Å². The molecule has 0 bridgehead atoms. The van der Waals surface area contributed by atoms with Crippen LogP contribution in [0, 0.1) is 0 Å². The van der Waals surface area contributed by atoms with Crippen LogP contribution in [0.25, 0.3) is 0 Å². The quantitative estimate of drug-likeness (QED) is 0.0730. The summed E-state index contributed by atoms with van der Waals surface area (Å²) in [6.07, 6.45) is 19.2. The van der Waals surface area contributed by atoms with E-state index < -0.39 is 0 Å². The first-order valence-corrected chi connectivity index (χ1v) is 22.6. The standard InChI is InChI=1S/C43H89NO13/c1-3-4-5-6-7-8-9-10-11-12-13-14-15-16-18-45-20-22-47-24-26-49-28-30-51-32-34-53-36-38-55-40-42-57-43-41-56-39-37-54-35-33-52-31-29-50-27-25-48-23-21-46-19-17-44-2/h44H,3-43H2,1-2H3. The third-order valence-corrected chi connectivity index (χ3v) is 8.60. The van der Waals surface area contributed by atoms with Gasteiger partial charge in [0.15, 0.2) is 0 Å². The van der Waals surface area contributed by atoms with Gasteiger partial charge in [-0.15, -0.1) is 0 Å². The fourth-order valence-electron chi connectivity index (χ4n) is 5.31. The second kappa shape index (κ2) is 55.4. The van der Waals surface area contributed by atoms with Crippen molar-refractivity contribution in [3.05, 3.63) is 0 Å². The molecule has 0 aliphatic carbocycles. The van der Waals surface area contributed by atoms with E-state index in [-0.39, 0.29) is 0 Å². The van der Waals surface area contributed by atoms with E-state index in [1.807, 2.05) is 7.05 Å². The first-order valence-electron chi connectivity index (χ1n) is 22.6. The Hall–Kier alpha value is -0.560. The van der Waals surface area contributed by atoms with Gasteiger partial charge in [-0.05, 0) is 13.5 Å². The number of ether oxygens (including phenoxy) is 13. The van der Waals surface area contributed by atoms with Crippen molar-refractivity contribution in [3.8, 4) is 0 Å². The van der Waals surface area contributed by atoms with E-state index in [2.05, 4.69) is 12.2 Å². The molecule has 0 aliphatic heterocycles. The largest absolute Gasteiger partial charge is 0.379 e. The minimum atomic E-state index is 0.515. The summed E-state index contributed by atoms with van der Waals surface area (Å²) < 4.78 is 71.6. The maximum atomic E-state index is 5.69. The number of unbranched alkanes of at least 4 members (excludes halogenated alkanes) is 13. The monoisotopic (exact) mass is 828 g/mol. The molecule has 344 valence electrons. The minimum absolute atomic E-state index is 0.515. The van der Waals surface area contributed by atoms with Crippen molar-refractivity contribution < 1.29 is 61.6 Å². The Labute approximate surface area is 348 Å². The zero-order valence-electron chi connectivity index (χ0n) is 36.8. The van der Waals surface area contributed by atoms with E-state index in [0.717, 1.165) is 19.6 Å². The van der Waals surface area contributed by atoms with E-state index >= 15 is 0 Å². The number of hydrogen-bond donors (Lipinski definition) is 1. The Bertz CT molecular complexity index is 633. The zero-order chi connectivity index (χ0) is 40.9. The Morgan fingerprint density at radius 1 is 0.211 bits per heavy atom. The molecule has 0 amide bonds. The SMILES string of the molecule is CCCCCCCCCCCCCCCCOCCOCCOCCOCCOCCOCCOCCOCCOCCOCCOCCOCCOCCNC. The van der Waals surface area contributed by atoms with Gasteiger partial charge in [0.25, 0.3) is 0 Å². The van der Waals surface area contributed by atoms with Crippen molar-refractivity contribution in [2.24, 2.45) is 0 Å². The van der Waals surface area contributed by atoms with Crippen LogP contribution in [0.4, 0.5) is 0 Å². The molecule has 0 saturated heterocycles. The predicted octanol–water partition coefficient (Wildman–Crippen LogP) is 5.90. The van der Waals surface area contributed by atoms with Crippen molar-refractivity contribution in [3.63, 3.8) is 0 Å². The molecular weight excluding hydrogens is 738 g/mol. The molecule has 0 aromatic heterocycles. The molecule has 14 nitrogen and oxygen atoms in total. The van der Waals surface area contributed by atoms with Gasteiger partial charge in [0.05, 0.1) is 165 Å². The van der Waals surface area contributed by atoms with E-state index in [4.69, 9.17) is 61.6 Å². The first-order chi connectivity index (χ1) is 28.4. The van der Waals surface area contributed by atoms with Crippen LogP contribution in [0.3, 0.4) is 0 Å². The molecule has 14 heteroatoms. The number of rotatable bonds is 54. The van der Waals surface area contributed by atoms with Gasteiger partial charge in [0.1, 0.15) is 0 Å². The lowest BCUT2D eigenvalue weighted by Gasteiger charge is -2.09. The molecule has 0 spiro atoms. The minimum Gasteiger partial charge on any atom is -0.379 e. The lowest BCUT2D eigenvalue weighted by molar-refractivity contribution is -0.0290. The van der Waals surface area contributed by atoms with Crippen LogP contribution in [0.15, 0.2) is 0 Å². The molecule has 0 saturated carbocycles. The Balaban J connectivity index is 3.05. The summed E-state index contributed by atoms with van der Waals surface area (Å²) in [6, 6.07) is 0. The van der Waals surface area contributed by atoms with Gasteiger partial charge in [0.2, 0.25) is 0 Å². The van der Waals surface area contributed by atoms with Crippen LogP contribution >= 0.6 is 0 Å². The highest BCUT2D eigenvalue weighted by Crippen LogP contribution is 2.13. The number of hydrogen-bond acceptors (Lipinski definition) is 14. The highest BCUT2D eigenvalue weighted by Gasteiger charge is 1.98. The van der Waals surface area contributed by atoms with Crippen LogP contribution in [-0.4, -0.2) is 185 Å². The highest BCUT2D eigenvalue weighted by atomic mass is 16.6. The third-order valence-electron chi connectivity index (χ3n) is 8.60. The van der Waals surface area contributed by atoms with Crippen LogP contribution in [-0.2, 0) is 61.6 Å². The van der Waals surface area contributed by atoms with Gasteiger partial charge in [-0.1, -0.05) is 90.4 Å². The third kappa shape index (κ3) is 55.4. The molecule has 1 N–H and O–H groups in total. The van der Waals surface area contributed by atoms with E-state index in [1.165, 1.54) is 83.5 Å². The average Bonchev–Trinajstić information content (AvgIpc) is 3.22. The van der Waals surface area contributed by atoms with Gasteiger partial charge in [-0.3, -0.25) is 0 Å². The van der Waals surface area contributed by atoms with Crippen LogP contribution in [0.2, 0.25) is 0 Å². The second-order valence-electron chi connectivity index (χ2n) is 13.7. The van der Waals surface area contributed by atoms with Gasteiger partial charge >= 0.3 is 0 Å². The first kappa shape index (κ1) is 56.4. The lowest BCUT2D eigenvalue weighted by Crippen LogP contribution is -2.17. The van der Waals surface area contributed by atoms with Crippen LogP contribution in [0.1, 0.15) is 96.8 Å². The fourth-order valence-corrected chi connectivity index (χ4v) is 5.31. The van der Waals surface area contributed by atoms with Crippen LogP contribution < -0.4 is 5.32 Å².